The van der Waals surface area contributed by atoms with Crippen LogP contribution >= 0.6 is 0 Å². The summed E-state index contributed by atoms with van der Waals surface area (Å²) in [5, 5.41) is 3.57. The van der Waals surface area contributed by atoms with Crippen molar-refractivity contribution < 1.29 is 21.6 Å². The van der Waals surface area contributed by atoms with Gasteiger partial charge in [-0.25, -0.2) is 21.6 Å². The van der Waals surface area contributed by atoms with Gasteiger partial charge in [0.1, 0.15) is 17.3 Å². The Labute approximate surface area is 125 Å². The standard InChI is InChI=1S/C13H14F3N3O2S/c1-2-9-5-10(3-4-12(9)14)18-22(20,21)11-6-17-19(7-11)8-13(15)16/h3-7,13,18H,2,8H2,1H3. The van der Waals surface area contributed by atoms with Crippen LogP contribution in [0.4, 0.5) is 18.9 Å². The number of benzene rings is 1. The molecule has 0 radical (unpaired) electrons. The number of nitrogens with zero attached hydrogens (tertiary/aromatic N) is 2. The summed E-state index contributed by atoms with van der Waals surface area (Å²) in [6, 6.07) is 3.84. The van der Waals surface area contributed by atoms with Gasteiger partial charge in [-0.15, -0.1) is 0 Å². The van der Waals surface area contributed by atoms with E-state index < -0.39 is 28.8 Å². The molecule has 1 heterocycles. The largest absolute Gasteiger partial charge is 0.280 e. The molecule has 22 heavy (non-hydrogen) atoms. The monoisotopic (exact) mass is 333 g/mol. The summed E-state index contributed by atoms with van der Waals surface area (Å²) in [7, 11) is -3.97. The average Bonchev–Trinajstić information content (AvgIpc) is 2.89. The molecule has 0 spiro atoms. The molecule has 2 rings (SSSR count). The molecule has 0 amide bonds. The molecule has 0 aliphatic rings. The summed E-state index contributed by atoms with van der Waals surface area (Å²) in [6.07, 6.45) is -0.228. The molecule has 0 aliphatic heterocycles. The Morgan fingerprint density at radius 2 is 2.09 bits per heavy atom. The quantitative estimate of drug-likeness (QED) is 0.884. The number of halogens is 3. The molecule has 5 nitrogen and oxygen atoms in total. The van der Waals surface area contributed by atoms with Gasteiger partial charge < -0.3 is 0 Å². The predicted molar refractivity (Wildman–Crippen MR) is 74.8 cm³/mol. The highest BCUT2D eigenvalue weighted by atomic mass is 32.2. The van der Waals surface area contributed by atoms with E-state index in [4.69, 9.17) is 0 Å². The van der Waals surface area contributed by atoms with Crippen molar-refractivity contribution in [3.8, 4) is 0 Å². The maximum absolute atomic E-state index is 13.4. The molecule has 1 aromatic heterocycles. The van der Waals surface area contributed by atoms with Crippen molar-refractivity contribution in [2.24, 2.45) is 0 Å². The topological polar surface area (TPSA) is 64.0 Å². The zero-order valence-electron chi connectivity index (χ0n) is 11.6. The highest BCUT2D eigenvalue weighted by Crippen LogP contribution is 2.19. The zero-order chi connectivity index (χ0) is 16.3. The molecule has 2 aromatic rings. The first-order valence-corrected chi connectivity index (χ1v) is 7.92. The number of aromatic nitrogens is 2. The van der Waals surface area contributed by atoms with Crippen molar-refractivity contribution in [2.75, 3.05) is 4.72 Å². The molecule has 120 valence electrons. The molecule has 1 aromatic carbocycles. The van der Waals surface area contributed by atoms with Crippen molar-refractivity contribution in [1.82, 2.24) is 9.78 Å². The normalized spacial score (nSPS) is 11.9. The van der Waals surface area contributed by atoms with Crippen LogP contribution in [0.3, 0.4) is 0 Å². The van der Waals surface area contributed by atoms with Crippen LogP contribution in [-0.2, 0) is 23.0 Å². The fourth-order valence-electron chi connectivity index (χ4n) is 1.85. The molecule has 0 saturated heterocycles. The third-order valence-corrected chi connectivity index (χ3v) is 4.26. The lowest BCUT2D eigenvalue weighted by molar-refractivity contribution is 0.121. The van der Waals surface area contributed by atoms with Gasteiger partial charge in [0.25, 0.3) is 16.4 Å². The third kappa shape index (κ3) is 3.79. The highest BCUT2D eigenvalue weighted by Gasteiger charge is 2.18. The van der Waals surface area contributed by atoms with Gasteiger partial charge in [0.2, 0.25) is 0 Å². The molecular formula is C13H14F3N3O2S. The van der Waals surface area contributed by atoms with E-state index in [0.717, 1.165) is 23.1 Å². The number of alkyl halides is 2. The maximum atomic E-state index is 13.4. The van der Waals surface area contributed by atoms with E-state index in [1.165, 1.54) is 12.1 Å². The van der Waals surface area contributed by atoms with Crippen LogP contribution in [0.1, 0.15) is 12.5 Å². The number of nitrogens with one attached hydrogen (secondary N) is 1. The molecule has 0 unspecified atom stereocenters. The predicted octanol–water partition coefficient (Wildman–Crippen LogP) is 2.65. The van der Waals surface area contributed by atoms with Crippen molar-refractivity contribution >= 4 is 15.7 Å². The van der Waals surface area contributed by atoms with Gasteiger partial charge in [-0.2, -0.15) is 5.10 Å². The van der Waals surface area contributed by atoms with Crippen LogP contribution in [0.25, 0.3) is 0 Å². The Morgan fingerprint density at radius 3 is 2.73 bits per heavy atom. The van der Waals surface area contributed by atoms with Gasteiger partial charge in [0.05, 0.1) is 6.20 Å². The molecule has 0 bridgehead atoms. The summed E-state index contributed by atoms with van der Waals surface area (Å²) < 4.78 is 65.3. The van der Waals surface area contributed by atoms with Crippen LogP contribution < -0.4 is 4.72 Å². The summed E-state index contributed by atoms with van der Waals surface area (Å²) in [5.74, 6) is -0.421. The van der Waals surface area contributed by atoms with Crippen molar-refractivity contribution in [2.45, 2.75) is 31.2 Å². The summed E-state index contributed by atoms with van der Waals surface area (Å²) in [4.78, 5) is -0.240. The molecule has 0 atom stereocenters. The van der Waals surface area contributed by atoms with Crippen LogP contribution in [-0.4, -0.2) is 24.6 Å². The Hall–Kier alpha value is -2.03. The fraction of sp³-hybridized carbons (Fsp3) is 0.308. The van der Waals surface area contributed by atoms with Gasteiger partial charge in [0, 0.05) is 11.9 Å². The van der Waals surface area contributed by atoms with E-state index in [1.807, 2.05) is 0 Å². The second-order valence-corrected chi connectivity index (χ2v) is 6.24. The Bertz CT molecular complexity index is 760. The van der Waals surface area contributed by atoms with Crippen molar-refractivity contribution in [3.05, 3.63) is 42.0 Å². The molecular weight excluding hydrogens is 319 g/mol. The first-order chi connectivity index (χ1) is 10.3. The zero-order valence-corrected chi connectivity index (χ0v) is 12.4. The highest BCUT2D eigenvalue weighted by molar-refractivity contribution is 7.92. The minimum atomic E-state index is -3.97. The average molecular weight is 333 g/mol. The minimum Gasteiger partial charge on any atom is -0.280 e. The lowest BCUT2D eigenvalue weighted by atomic mass is 10.1. The van der Waals surface area contributed by atoms with E-state index >= 15 is 0 Å². The third-order valence-electron chi connectivity index (χ3n) is 2.92. The van der Waals surface area contributed by atoms with Crippen LogP contribution in [0.15, 0.2) is 35.5 Å². The van der Waals surface area contributed by atoms with Crippen molar-refractivity contribution in [3.63, 3.8) is 0 Å². The molecule has 1 N–H and O–H groups in total. The fourth-order valence-corrected chi connectivity index (χ4v) is 2.85. The second-order valence-electron chi connectivity index (χ2n) is 4.55. The smallest absolute Gasteiger partial charge is 0.265 e. The number of rotatable bonds is 6. The number of hydrogen-bond acceptors (Lipinski definition) is 3. The molecule has 0 aliphatic carbocycles. The Kier molecular flexibility index (Phi) is 4.74. The number of aryl methyl sites for hydroxylation is 1. The van der Waals surface area contributed by atoms with E-state index in [0.29, 0.717) is 12.0 Å². The van der Waals surface area contributed by atoms with Crippen LogP contribution in [0, 0.1) is 5.82 Å². The maximum Gasteiger partial charge on any atom is 0.265 e. The van der Waals surface area contributed by atoms with Gasteiger partial charge >= 0.3 is 0 Å². The Balaban J connectivity index is 2.22. The molecule has 9 heteroatoms. The number of anilines is 1. The first kappa shape index (κ1) is 16.3. The van der Waals surface area contributed by atoms with E-state index in [2.05, 4.69) is 9.82 Å². The number of sulfonamides is 1. The molecule has 0 saturated carbocycles. The Morgan fingerprint density at radius 1 is 1.36 bits per heavy atom. The minimum absolute atomic E-state index is 0.194. The van der Waals surface area contributed by atoms with Gasteiger partial charge in [-0.3, -0.25) is 9.40 Å². The van der Waals surface area contributed by atoms with Gasteiger partial charge in [-0.05, 0) is 30.2 Å². The summed E-state index contributed by atoms with van der Waals surface area (Å²) in [6.45, 7) is 1.05. The lowest BCUT2D eigenvalue weighted by Gasteiger charge is -2.08. The summed E-state index contributed by atoms with van der Waals surface area (Å²) in [5.41, 5.74) is 0.563. The van der Waals surface area contributed by atoms with Crippen LogP contribution in [0.2, 0.25) is 0 Å². The van der Waals surface area contributed by atoms with Crippen LogP contribution in [0.5, 0.6) is 0 Å². The van der Waals surface area contributed by atoms with Gasteiger partial charge in [-0.1, -0.05) is 6.92 Å². The van der Waals surface area contributed by atoms with E-state index in [-0.39, 0.29) is 10.6 Å². The number of hydrogen-bond donors (Lipinski definition) is 1. The van der Waals surface area contributed by atoms with E-state index in [9.17, 15) is 21.6 Å². The molecule has 0 fully saturated rings. The van der Waals surface area contributed by atoms with Crippen molar-refractivity contribution in [1.29, 1.82) is 0 Å². The van der Waals surface area contributed by atoms with Gasteiger partial charge in [0.15, 0.2) is 0 Å². The first-order valence-electron chi connectivity index (χ1n) is 6.43. The second kappa shape index (κ2) is 6.39. The lowest BCUT2D eigenvalue weighted by Crippen LogP contribution is -2.13. The summed E-state index contributed by atoms with van der Waals surface area (Å²) >= 11 is 0. The SMILES string of the molecule is CCc1cc(NS(=O)(=O)c2cnn(CC(F)F)c2)ccc1F. The van der Waals surface area contributed by atoms with E-state index in [1.54, 1.807) is 6.92 Å².